The molecular weight excluding hydrogens is 278 g/mol. The van der Waals surface area contributed by atoms with Gasteiger partial charge in [-0.05, 0) is 24.1 Å². The van der Waals surface area contributed by atoms with E-state index >= 15 is 0 Å². The van der Waals surface area contributed by atoms with Crippen molar-refractivity contribution in [1.29, 1.82) is 0 Å². The van der Waals surface area contributed by atoms with Crippen molar-refractivity contribution in [3.8, 4) is 5.75 Å². The lowest BCUT2D eigenvalue weighted by Gasteiger charge is -2.13. The van der Waals surface area contributed by atoms with Gasteiger partial charge in [0.05, 0.1) is 19.6 Å². The van der Waals surface area contributed by atoms with Crippen LogP contribution in [-0.4, -0.2) is 18.1 Å². The van der Waals surface area contributed by atoms with Crippen LogP contribution < -0.4 is 10.1 Å². The molecule has 0 saturated heterocycles. The molecule has 2 aromatic rings. The molecule has 0 spiro atoms. The van der Waals surface area contributed by atoms with Crippen molar-refractivity contribution < 1.29 is 14.6 Å². The first-order chi connectivity index (χ1) is 10.6. The number of aryl methyl sites for hydroxylation is 1. The highest BCUT2D eigenvalue weighted by atomic mass is 16.5. The molecule has 0 bridgehead atoms. The van der Waals surface area contributed by atoms with Gasteiger partial charge in [0.25, 0.3) is 0 Å². The highest BCUT2D eigenvalue weighted by Crippen LogP contribution is 2.20. The van der Waals surface area contributed by atoms with Crippen molar-refractivity contribution >= 4 is 5.91 Å². The lowest BCUT2D eigenvalue weighted by atomic mass is 10.1. The molecule has 2 rings (SSSR count). The summed E-state index contributed by atoms with van der Waals surface area (Å²) in [5.74, 6) is 0.558. The van der Waals surface area contributed by atoms with E-state index in [4.69, 9.17) is 4.74 Å². The standard InChI is InChI=1S/C18H21NO3/c1-13-8-9-15(17(10-13)22-2)12-19-18(21)11-16(20)14-6-4-3-5-7-14/h3-10,16,20H,11-12H2,1-2H3,(H,19,21). The first-order valence-electron chi connectivity index (χ1n) is 7.23. The number of amides is 1. The molecule has 0 saturated carbocycles. The molecule has 1 unspecified atom stereocenters. The molecule has 22 heavy (non-hydrogen) atoms. The Balaban J connectivity index is 1.90. The van der Waals surface area contributed by atoms with Gasteiger partial charge in [0, 0.05) is 12.1 Å². The summed E-state index contributed by atoms with van der Waals surface area (Å²) in [7, 11) is 1.61. The molecule has 0 aliphatic heterocycles. The van der Waals surface area contributed by atoms with Crippen LogP contribution in [-0.2, 0) is 11.3 Å². The van der Waals surface area contributed by atoms with Crippen LogP contribution in [0.25, 0.3) is 0 Å². The van der Waals surface area contributed by atoms with Crippen molar-refractivity contribution in [1.82, 2.24) is 5.32 Å². The molecule has 1 atom stereocenters. The summed E-state index contributed by atoms with van der Waals surface area (Å²) in [5.41, 5.74) is 2.76. The average molecular weight is 299 g/mol. The van der Waals surface area contributed by atoms with E-state index in [1.165, 1.54) is 0 Å². The Bertz CT molecular complexity index is 625. The number of benzene rings is 2. The molecule has 0 aliphatic carbocycles. The number of nitrogens with one attached hydrogen (secondary N) is 1. The van der Waals surface area contributed by atoms with Crippen LogP contribution in [0.2, 0.25) is 0 Å². The SMILES string of the molecule is COc1cc(C)ccc1CNC(=O)CC(O)c1ccccc1. The first-order valence-corrected chi connectivity index (χ1v) is 7.23. The topological polar surface area (TPSA) is 58.6 Å². The van der Waals surface area contributed by atoms with Crippen LogP contribution in [0.4, 0.5) is 0 Å². The Hall–Kier alpha value is -2.33. The van der Waals surface area contributed by atoms with E-state index in [0.717, 1.165) is 22.4 Å². The molecule has 0 aliphatic rings. The fraction of sp³-hybridized carbons (Fsp3) is 0.278. The van der Waals surface area contributed by atoms with Gasteiger partial charge in [0.1, 0.15) is 5.75 Å². The quantitative estimate of drug-likeness (QED) is 0.862. The van der Waals surface area contributed by atoms with Gasteiger partial charge >= 0.3 is 0 Å². The van der Waals surface area contributed by atoms with Crippen molar-refractivity contribution in [2.75, 3.05) is 7.11 Å². The smallest absolute Gasteiger partial charge is 0.223 e. The highest BCUT2D eigenvalue weighted by Gasteiger charge is 2.13. The summed E-state index contributed by atoms with van der Waals surface area (Å²) in [6, 6.07) is 15.0. The Morgan fingerprint density at radius 2 is 1.95 bits per heavy atom. The molecule has 0 heterocycles. The largest absolute Gasteiger partial charge is 0.496 e. The predicted molar refractivity (Wildman–Crippen MR) is 85.6 cm³/mol. The summed E-state index contributed by atoms with van der Waals surface area (Å²) in [6.07, 6.45) is -0.751. The van der Waals surface area contributed by atoms with E-state index in [2.05, 4.69) is 5.32 Å². The van der Waals surface area contributed by atoms with E-state index in [-0.39, 0.29) is 12.3 Å². The fourth-order valence-corrected chi connectivity index (χ4v) is 2.23. The van der Waals surface area contributed by atoms with Crippen molar-refractivity contribution in [3.63, 3.8) is 0 Å². The third kappa shape index (κ3) is 4.33. The summed E-state index contributed by atoms with van der Waals surface area (Å²) in [4.78, 5) is 12.0. The summed E-state index contributed by atoms with van der Waals surface area (Å²) in [6.45, 7) is 2.37. The molecule has 116 valence electrons. The second kappa shape index (κ2) is 7.61. The highest BCUT2D eigenvalue weighted by molar-refractivity contribution is 5.76. The Morgan fingerprint density at radius 3 is 2.64 bits per heavy atom. The lowest BCUT2D eigenvalue weighted by molar-refractivity contribution is -0.123. The number of hydrogen-bond acceptors (Lipinski definition) is 3. The minimum atomic E-state index is -0.791. The van der Waals surface area contributed by atoms with Gasteiger partial charge in [-0.15, -0.1) is 0 Å². The number of aliphatic hydroxyl groups is 1. The predicted octanol–water partition coefficient (Wildman–Crippen LogP) is 2.74. The Morgan fingerprint density at radius 1 is 1.23 bits per heavy atom. The van der Waals surface area contributed by atoms with Crippen LogP contribution >= 0.6 is 0 Å². The van der Waals surface area contributed by atoms with E-state index in [0.29, 0.717) is 6.54 Å². The van der Waals surface area contributed by atoms with Crippen LogP contribution in [0.3, 0.4) is 0 Å². The number of carbonyl (C=O) groups is 1. The van der Waals surface area contributed by atoms with E-state index < -0.39 is 6.10 Å². The number of methoxy groups -OCH3 is 1. The minimum Gasteiger partial charge on any atom is -0.496 e. The molecule has 0 aromatic heterocycles. The second-order valence-corrected chi connectivity index (χ2v) is 5.22. The maximum absolute atomic E-state index is 12.0. The number of aliphatic hydroxyl groups excluding tert-OH is 1. The summed E-state index contributed by atoms with van der Waals surface area (Å²) < 4.78 is 5.31. The lowest BCUT2D eigenvalue weighted by Crippen LogP contribution is -2.24. The van der Waals surface area contributed by atoms with Crippen molar-refractivity contribution in [3.05, 3.63) is 65.2 Å². The van der Waals surface area contributed by atoms with Gasteiger partial charge < -0.3 is 15.2 Å². The molecule has 4 nitrogen and oxygen atoms in total. The first kappa shape index (κ1) is 16.0. The van der Waals surface area contributed by atoms with Gasteiger partial charge in [-0.1, -0.05) is 42.5 Å². The fourth-order valence-electron chi connectivity index (χ4n) is 2.23. The number of ether oxygens (including phenoxy) is 1. The zero-order chi connectivity index (χ0) is 15.9. The van der Waals surface area contributed by atoms with Crippen molar-refractivity contribution in [2.45, 2.75) is 26.0 Å². The van der Waals surface area contributed by atoms with Crippen LogP contribution in [0, 0.1) is 6.92 Å². The number of carbonyl (C=O) groups excluding carboxylic acids is 1. The average Bonchev–Trinajstić information content (AvgIpc) is 2.54. The molecule has 1 amide bonds. The summed E-state index contributed by atoms with van der Waals surface area (Å²) in [5, 5.41) is 12.9. The monoisotopic (exact) mass is 299 g/mol. The molecule has 2 N–H and O–H groups in total. The van der Waals surface area contributed by atoms with Crippen LogP contribution in [0.1, 0.15) is 29.2 Å². The second-order valence-electron chi connectivity index (χ2n) is 5.22. The Labute approximate surface area is 130 Å². The van der Waals surface area contributed by atoms with Gasteiger partial charge in [0.2, 0.25) is 5.91 Å². The van der Waals surface area contributed by atoms with Gasteiger partial charge in [-0.25, -0.2) is 0 Å². The molecule has 2 aromatic carbocycles. The normalized spacial score (nSPS) is 11.8. The van der Waals surface area contributed by atoms with E-state index in [1.807, 2.05) is 43.3 Å². The molecule has 4 heteroatoms. The third-order valence-corrected chi connectivity index (χ3v) is 3.48. The third-order valence-electron chi connectivity index (χ3n) is 3.48. The van der Waals surface area contributed by atoms with Crippen LogP contribution in [0.15, 0.2) is 48.5 Å². The van der Waals surface area contributed by atoms with Gasteiger partial charge in [-0.3, -0.25) is 4.79 Å². The molecule has 0 radical (unpaired) electrons. The Kier molecular flexibility index (Phi) is 5.55. The van der Waals surface area contributed by atoms with Crippen molar-refractivity contribution in [2.24, 2.45) is 0 Å². The number of rotatable bonds is 6. The maximum atomic E-state index is 12.0. The van der Waals surface area contributed by atoms with E-state index in [9.17, 15) is 9.90 Å². The zero-order valence-electron chi connectivity index (χ0n) is 12.9. The zero-order valence-corrected chi connectivity index (χ0v) is 12.9. The van der Waals surface area contributed by atoms with Gasteiger partial charge in [0.15, 0.2) is 0 Å². The van der Waals surface area contributed by atoms with Gasteiger partial charge in [-0.2, -0.15) is 0 Å². The van der Waals surface area contributed by atoms with E-state index in [1.54, 1.807) is 19.2 Å². The molecular formula is C18H21NO3. The maximum Gasteiger partial charge on any atom is 0.223 e. The summed E-state index contributed by atoms with van der Waals surface area (Å²) >= 11 is 0. The number of hydrogen-bond donors (Lipinski definition) is 2. The van der Waals surface area contributed by atoms with Crippen LogP contribution in [0.5, 0.6) is 5.75 Å². The minimum absolute atomic E-state index is 0.0399. The molecule has 0 fully saturated rings.